The Hall–Kier alpha value is -2.56. The summed E-state index contributed by atoms with van der Waals surface area (Å²) in [5, 5.41) is 12.4. The minimum absolute atomic E-state index is 0.208. The first-order chi connectivity index (χ1) is 9.52. The number of hydrogen-bond donors (Lipinski definition) is 2. The van der Waals surface area contributed by atoms with E-state index in [1.54, 1.807) is 37.4 Å². The van der Waals surface area contributed by atoms with Crippen LogP contribution in [0.3, 0.4) is 0 Å². The number of aromatic hydroxyl groups is 1. The van der Waals surface area contributed by atoms with Gasteiger partial charge in [0.25, 0.3) is 5.91 Å². The Morgan fingerprint density at radius 1 is 1.30 bits per heavy atom. The second kappa shape index (κ2) is 5.61. The predicted octanol–water partition coefficient (Wildman–Crippen LogP) is 2.66. The van der Waals surface area contributed by atoms with E-state index in [1.807, 2.05) is 6.92 Å². The van der Waals surface area contributed by atoms with Crippen LogP contribution in [0, 0.1) is 13.8 Å². The number of aromatic nitrogens is 1. The van der Waals surface area contributed by atoms with Crippen LogP contribution < -0.4 is 10.1 Å². The van der Waals surface area contributed by atoms with Gasteiger partial charge in [-0.05, 0) is 49.2 Å². The van der Waals surface area contributed by atoms with E-state index in [4.69, 9.17) is 4.74 Å². The molecule has 1 aromatic carbocycles. The molecule has 0 spiro atoms. The lowest BCUT2D eigenvalue weighted by Crippen LogP contribution is -2.14. The number of carbonyl (C=O) groups excluding carboxylic acids is 1. The molecule has 1 amide bonds. The van der Waals surface area contributed by atoms with Gasteiger partial charge < -0.3 is 15.2 Å². The van der Waals surface area contributed by atoms with Crippen LogP contribution in [0.25, 0.3) is 0 Å². The molecule has 5 heteroatoms. The Morgan fingerprint density at radius 3 is 2.75 bits per heavy atom. The fraction of sp³-hybridized carbons (Fsp3) is 0.200. The highest BCUT2D eigenvalue weighted by Crippen LogP contribution is 2.26. The summed E-state index contributed by atoms with van der Waals surface area (Å²) in [6, 6.07) is 6.66. The normalized spacial score (nSPS) is 10.2. The van der Waals surface area contributed by atoms with Gasteiger partial charge in [-0.2, -0.15) is 0 Å². The standard InChI is InChI=1S/C15H16N2O3/c1-9-8-13(18)10(2)7-12(9)17-14(19)11-5-4-6-16-15(11)20-3/h4-8,18H,1-3H3,(H,17,19). The van der Waals surface area contributed by atoms with Crippen molar-refractivity contribution in [2.24, 2.45) is 0 Å². The van der Waals surface area contributed by atoms with E-state index in [2.05, 4.69) is 10.3 Å². The van der Waals surface area contributed by atoms with Crippen molar-refractivity contribution < 1.29 is 14.6 Å². The molecular weight excluding hydrogens is 256 g/mol. The van der Waals surface area contributed by atoms with Crippen molar-refractivity contribution in [2.45, 2.75) is 13.8 Å². The molecule has 0 aliphatic carbocycles. The maximum Gasteiger partial charge on any atom is 0.261 e. The van der Waals surface area contributed by atoms with Gasteiger partial charge >= 0.3 is 0 Å². The molecule has 20 heavy (non-hydrogen) atoms. The Kier molecular flexibility index (Phi) is 3.89. The summed E-state index contributed by atoms with van der Waals surface area (Å²) in [6.07, 6.45) is 1.56. The van der Waals surface area contributed by atoms with Crippen LogP contribution in [0.1, 0.15) is 21.5 Å². The molecule has 2 aromatic rings. The Balaban J connectivity index is 2.30. The van der Waals surface area contributed by atoms with Gasteiger partial charge in [-0.1, -0.05) is 0 Å². The number of nitrogens with zero attached hydrogens (tertiary/aromatic N) is 1. The average molecular weight is 272 g/mol. The molecule has 0 unspecified atom stereocenters. The van der Waals surface area contributed by atoms with Crippen LogP contribution in [0.5, 0.6) is 11.6 Å². The van der Waals surface area contributed by atoms with Gasteiger partial charge in [0.05, 0.1) is 7.11 Å². The molecule has 2 rings (SSSR count). The van der Waals surface area contributed by atoms with Gasteiger partial charge in [0, 0.05) is 11.9 Å². The highest BCUT2D eigenvalue weighted by atomic mass is 16.5. The van der Waals surface area contributed by atoms with E-state index in [-0.39, 0.29) is 17.5 Å². The lowest BCUT2D eigenvalue weighted by Gasteiger charge is -2.12. The molecule has 0 atom stereocenters. The first-order valence-corrected chi connectivity index (χ1v) is 6.13. The zero-order valence-corrected chi connectivity index (χ0v) is 11.6. The van der Waals surface area contributed by atoms with Crippen molar-refractivity contribution >= 4 is 11.6 Å². The summed E-state index contributed by atoms with van der Waals surface area (Å²) in [7, 11) is 1.47. The largest absolute Gasteiger partial charge is 0.508 e. The smallest absolute Gasteiger partial charge is 0.261 e. The number of nitrogens with one attached hydrogen (secondary N) is 1. The molecule has 1 heterocycles. The average Bonchev–Trinajstić information content (AvgIpc) is 2.44. The van der Waals surface area contributed by atoms with Crippen LogP contribution in [-0.4, -0.2) is 23.1 Å². The third-order valence-corrected chi connectivity index (χ3v) is 3.00. The van der Waals surface area contributed by atoms with Crippen LogP contribution in [0.4, 0.5) is 5.69 Å². The van der Waals surface area contributed by atoms with E-state index in [1.165, 1.54) is 7.11 Å². The van der Waals surface area contributed by atoms with Gasteiger partial charge in [-0.3, -0.25) is 4.79 Å². The van der Waals surface area contributed by atoms with Gasteiger partial charge in [0.1, 0.15) is 11.3 Å². The summed E-state index contributed by atoms with van der Waals surface area (Å²) < 4.78 is 5.07. The van der Waals surface area contributed by atoms with Crippen molar-refractivity contribution in [3.8, 4) is 11.6 Å². The number of phenolic OH excluding ortho intramolecular Hbond substituents is 1. The summed E-state index contributed by atoms with van der Waals surface area (Å²) in [4.78, 5) is 16.2. The first kappa shape index (κ1) is 13.9. The second-order valence-corrected chi connectivity index (χ2v) is 4.47. The summed E-state index contributed by atoms with van der Waals surface area (Å²) in [5.74, 6) is 0.181. The Labute approximate surface area is 117 Å². The Bertz CT molecular complexity index is 654. The topological polar surface area (TPSA) is 71.5 Å². The molecule has 0 bridgehead atoms. The lowest BCUT2D eigenvalue weighted by atomic mass is 10.1. The number of pyridine rings is 1. The first-order valence-electron chi connectivity index (χ1n) is 6.13. The highest BCUT2D eigenvalue weighted by Gasteiger charge is 2.14. The number of carbonyl (C=O) groups is 1. The fourth-order valence-corrected chi connectivity index (χ4v) is 1.85. The van der Waals surface area contributed by atoms with E-state index >= 15 is 0 Å². The number of aryl methyl sites for hydroxylation is 2. The number of rotatable bonds is 3. The van der Waals surface area contributed by atoms with E-state index < -0.39 is 0 Å². The molecule has 0 aliphatic heterocycles. The molecule has 0 radical (unpaired) electrons. The SMILES string of the molecule is COc1ncccc1C(=O)Nc1cc(C)c(O)cc1C. The van der Waals surface area contributed by atoms with Crippen molar-refractivity contribution in [3.63, 3.8) is 0 Å². The monoisotopic (exact) mass is 272 g/mol. The predicted molar refractivity (Wildman–Crippen MR) is 76.3 cm³/mol. The number of phenols is 1. The molecule has 0 saturated heterocycles. The summed E-state index contributed by atoms with van der Waals surface area (Å²) in [5.41, 5.74) is 2.49. The minimum Gasteiger partial charge on any atom is -0.508 e. The minimum atomic E-state index is -0.303. The number of ether oxygens (including phenoxy) is 1. The van der Waals surface area contributed by atoms with Crippen LogP contribution in [0.2, 0.25) is 0 Å². The van der Waals surface area contributed by atoms with E-state index in [0.29, 0.717) is 16.8 Å². The zero-order valence-electron chi connectivity index (χ0n) is 11.6. The van der Waals surface area contributed by atoms with Crippen molar-refractivity contribution in [1.29, 1.82) is 0 Å². The van der Waals surface area contributed by atoms with Crippen LogP contribution >= 0.6 is 0 Å². The van der Waals surface area contributed by atoms with Crippen molar-refractivity contribution in [3.05, 3.63) is 47.2 Å². The molecule has 0 aliphatic rings. The number of hydrogen-bond acceptors (Lipinski definition) is 4. The van der Waals surface area contributed by atoms with Crippen LogP contribution in [0.15, 0.2) is 30.5 Å². The summed E-state index contributed by atoms with van der Waals surface area (Å²) >= 11 is 0. The third kappa shape index (κ3) is 2.71. The number of anilines is 1. The second-order valence-electron chi connectivity index (χ2n) is 4.47. The third-order valence-electron chi connectivity index (χ3n) is 3.00. The van der Waals surface area contributed by atoms with Gasteiger partial charge in [-0.25, -0.2) is 4.98 Å². The molecule has 0 fully saturated rings. The van der Waals surface area contributed by atoms with Gasteiger partial charge in [-0.15, -0.1) is 0 Å². The quantitative estimate of drug-likeness (QED) is 0.843. The van der Waals surface area contributed by atoms with Crippen LogP contribution in [-0.2, 0) is 0 Å². The maximum absolute atomic E-state index is 12.2. The van der Waals surface area contributed by atoms with Crippen molar-refractivity contribution in [1.82, 2.24) is 4.98 Å². The Morgan fingerprint density at radius 2 is 2.05 bits per heavy atom. The molecule has 5 nitrogen and oxygen atoms in total. The van der Waals surface area contributed by atoms with E-state index in [0.717, 1.165) is 5.56 Å². The molecule has 104 valence electrons. The molecule has 0 saturated carbocycles. The molecule has 1 aromatic heterocycles. The van der Waals surface area contributed by atoms with Gasteiger partial charge in [0.15, 0.2) is 0 Å². The lowest BCUT2D eigenvalue weighted by molar-refractivity contribution is 0.102. The van der Waals surface area contributed by atoms with Gasteiger partial charge in [0.2, 0.25) is 5.88 Å². The van der Waals surface area contributed by atoms with E-state index in [9.17, 15) is 9.90 Å². The maximum atomic E-state index is 12.2. The number of amides is 1. The number of benzene rings is 1. The molecule has 2 N–H and O–H groups in total. The zero-order chi connectivity index (χ0) is 14.7. The highest BCUT2D eigenvalue weighted by molar-refractivity contribution is 6.06. The van der Waals surface area contributed by atoms with Crippen molar-refractivity contribution in [2.75, 3.05) is 12.4 Å². The molecular formula is C15H16N2O3. The number of methoxy groups -OCH3 is 1. The summed E-state index contributed by atoms with van der Waals surface area (Å²) in [6.45, 7) is 3.59. The fourth-order valence-electron chi connectivity index (χ4n) is 1.85.